The second kappa shape index (κ2) is 5.64. The third-order valence-corrected chi connectivity index (χ3v) is 3.23. The van der Waals surface area contributed by atoms with E-state index in [0.717, 1.165) is 17.4 Å². The Bertz CT molecular complexity index is 312. The summed E-state index contributed by atoms with van der Waals surface area (Å²) in [6.45, 7) is 5.23. The van der Waals surface area contributed by atoms with Gasteiger partial charge in [-0.3, -0.25) is 0 Å². The molecule has 1 aromatic rings. The predicted octanol–water partition coefficient (Wildman–Crippen LogP) is 2.70. The molecule has 0 aromatic heterocycles. The Morgan fingerprint density at radius 3 is 2.60 bits per heavy atom. The minimum absolute atomic E-state index is 0.0238. The average molecular weight is 272 g/mol. The van der Waals surface area contributed by atoms with Crippen molar-refractivity contribution < 1.29 is 5.11 Å². The predicted molar refractivity (Wildman–Crippen MR) is 66.8 cm³/mol. The molecule has 84 valence electrons. The van der Waals surface area contributed by atoms with Crippen molar-refractivity contribution in [1.29, 1.82) is 0 Å². The van der Waals surface area contributed by atoms with E-state index in [9.17, 15) is 0 Å². The van der Waals surface area contributed by atoms with Gasteiger partial charge in [-0.25, -0.2) is 0 Å². The largest absolute Gasteiger partial charge is 0.396 e. The normalized spacial score (nSPS) is 11.7. The van der Waals surface area contributed by atoms with Gasteiger partial charge in [0.1, 0.15) is 0 Å². The van der Waals surface area contributed by atoms with Crippen LogP contribution in [0.2, 0.25) is 0 Å². The minimum atomic E-state index is -0.0238. The van der Waals surface area contributed by atoms with Gasteiger partial charge in [-0.1, -0.05) is 34.1 Å². The maximum Gasteiger partial charge on any atom is 0.0448 e. The first-order valence-corrected chi connectivity index (χ1v) is 5.94. The van der Waals surface area contributed by atoms with Gasteiger partial charge >= 0.3 is 0 Å². The second-order valence-electron chi connectivity index (χ2n) is 4.30. The summed E-state index contributed by atoms with van der Waals surface area (Å²) in [7, 11) is 0. The van der Waals surface area contributed by atoms with Gasteiger partial charge in [-0.05, 0) is 31.9 Å². The van der Waals surface area contributed by atoms with Gasteiger partial charge in [0, 0.05) is 23.2 Å². The lowest BCUT2D eigenvalue weighted by atomic mass is 10.0. The standard InChI is InChI=1S/C12H18BrNO/c1-12(2,7-8-15)14-9-10-5-3-4-6-11(10)13/h3-6,14-15H,7-9H2,1-2H3. The molecule has 0 atom stereocenters. The van der Waals surface area contributed by atoms with Crippen LogP contribution in [0.15, 0.2) is 28.7 Å². The molecule has 0 aliphatic rings. The molecule has 15 heavy (non-hydrogen) atoms. The Balaban J connectivity index is 2.53. The maximum atomic E-state index is 8.90. The van der Waals surface area contributed by atoms with Gasteiger partial charge in [-0.2, -0.15) is 0 Å². The quantitative estimate of drug-likeness (QED) is 0.863. The van der Waals surface area contributed by atoms with Crippen molar-refractivity contribution in [1.82, 2.24) is 5.32 Å². The van der Waals surface area contributed by atoms with Crippen molar-refractivity contribution in [2.24, 2.45) is 0 Å². The van der Waals surface area contributed by atoms with Crippen molar-refractivity contribution in [3.63, 3.8) is 0 Å². The van der Waals surface area contributed by atoms with Crippen molar-refractivity contribution in [3.05, 3.63) is 34.3 Å². The summed E-state index contributed by atoms with van der Waals surface area (Å²) >= 11 is 3.51. The minimum Gasteiger partial charge on any atom is -0.396 e. The molecule has 1 aromatic carbocycles. The van der Waals surface area contributed by atoms with Crippen molar-refractivity contribution in [3.8, 4) is 0 Å². The van der Waals surface area contributed by atoms with E-state index >= 15 is 0 Å². The molecule has 0 heterocycles. The molecular weight excluding hydrogens is 254 g/mol. The lowest BCUT2D eigenvalue weighted by Crippen LogP contribution is -2.39. The highest BCUT2D eigenvalue weighted by Gasteiger charge is 2.15. The highest BCUT2D eigenvalue weighted by molar-refractivity contribution is 9.10. The molecular formula is C12H18BrNO. The highest BCUT2D eigenvalue weighted by atomic mass is 79.9. The smallest absolute Gasteiger partial charge is 0.0448 e. The summed E-state index contributed by atoms with van der Waals surface area (Å²) in [6.07, 6.45) is 0.761. The van der Waals surface area contributed by atoms with Crippen LogP contribution in [0.5, 0.6) is 0 Å². The number of hydrogen-bond donors (Lipinski definition) is 2. The van der Waals surface area contributed by atoms with Crippen molar-refractivity contribution in [2.45, 2.75) is 32.4 Å². The van der Waals surface area contributed by atoms with Crippen LogP contribution in [0.25, 0.3) is 0 Å². The molecule has 0 saturated carbocycles. The van der Waals surface area contributed by atoms with Crippen LogP contribution in [0.1, 0.15) is 25.8 Å². The molecule has 0 spiro atoms. The Morgan fingerprint density at radius 1 is 1.33 bits per heavy atom. The molecule has 0 bridgehead atoms. The van der Waals surface area contributed by atoms with Crippen molar-refractivity contribution >= 4 is 15.9 Å². The zero-order valence-corrected chi connectivity index (χ0v) is 10.8. The Kier molecular flexibility index (Phi) is 4.77. The van der Waals surface area contributed by atoms with Gasteiger partial charge in [0.25, 0.3) is 0 Å². The first-order valence-electron chi connectivity index (χ1n) is 5.14. The van der Waals surface area contributed by atoms with E-state index in [2.05, 4.69) is 41.2 Å². The summed E-state index contributed by atoms with van der Waals surface area (Å²) < 4.78 is 1.12. The summed E-state index contributed by atoms with van der Waals surface area (Å²) in [6, 6.07) is 8.16. The monoisotopic (exact) mass is 271 g/mol. The molecule has 0 amide bonds. The Labute approximate surface area is 99.8 Å². The number of rotatable bonds is 5. The zero-order valence-electron chi connectivity index (χ0n) is 9.26. The van der Waals surface area contributed by atoms with E-state index < -0.39 is 0 Å². The molecule has 0 fully saturated rings. The van der Waals surface area contributed by atoms with Crippen LogP contribution in [0.4, 0.5) is 0 Å². The highest BCUT2D eigenvalue weighted by Crippen LogP contribution is 2.17. The first-order chi connectivity index (χ1) is 7.05. The molecule has 3 heteroatoms. The van der Waals surface area contributed by atoms with E-state index in [0.29, 0.717) is 0 Å². The van der Waals surface area contributed by atoms with E-state index in [1.54, 1.807) is 0 Å². The molecule has 2 N–H and O–H groups in total. The molecule has 0 unspecified atom stereocenters. The first kappa shape index (κ1) is 12.7. The average Bonchev–Trinajstić information content (AvgIpc) is 2.16. The molecule has 1 rings (SSSR count). The summed E-state index contributed by atoms with van der Waals surface area (Å²) in [5, 5.41) is 12.3. The maximum absolute atomic E-state index is 8.90. The van der Waals surface area contributed by atoms with Gasteiger partial charge in [0.2, 0.25) is 0 Å². The Hall–Kier alpha value is -0.380. The van der Waals surface area contributed by atoms with Crippen LogP contribution in [0, 0.1) is 0 Å². The molecule has 0 saturated heterocycles. The van der Waals surface area contributed by atoms with E-state index in [1.165, 1.54) is 5.56 Å². The number of benzene rings is 1. The molecule has 0 aliphatic carbocycles. The topological polar surface area (TPSA) is 32.3 Å². The third-order valence-electron chi connectivity index (χ3n) is 2.45. The van der Waals surface area contributed by atoms with E-state index in [4.69, 9.17) is 5.11 Å². The van der Waals surface area contributed by atoms with Crippen LogP contribution < -0.4 is 5.32 Å². The van der Waals surface area contributed by atoms with Crippen LogP contribution in [-0.2, 0) is 6.54 Å². The lowest BCUT2D eigenvalue weighted by molar-refractivity contribution is 0.230. The van der Waals surface area contributed by atoms with Crippen LogP contribution in [0.3, 0.4) is 0 Å². The van der Waals surface area contributed by atoms with Gasteiger partial charge < -0.3 is 10.4 Å². The zero-order chi connectivity index (χ0) is 11.3. The summed E-state index contributed by atoms with van der Waals surface area (Å²) in [5.41, 5.74) is 1.22. The Morgan fingerprint density at radius 2 is 2.00 bits per heavy atom. The number of halogens is 1. The van der Waals surface area contributed by atoms with Crippen LogP contribution >= 0.6 is 15.9 Å². The summed E-state index contributed by atoms with van der Waals surface area (Å²) in [5.74, 6) is 0. The summed E-state index contributed by atoms with van der Waals surface area (Å²) in [4.78, 5) is 0. The lowest BCUT2D eigenvalue weighted by Gasteiger charge is -2.25. The number of nitrogens with one attached hydrogen (secondary N) is 1. The number of aliphatic hydroxyl groups is 1. The molecule has 2 nitrogen and oxygen atoms in total. The second-order valence-corrected chi connectivity index (χ2v) is 5.16. The third kappa shape index (κ3) is 4.33. The van der Waals surface area contributed by atoms with E-state index in [1.807, 2.05) is 18.2 Å². The van der Waals surface area contributed by atoms with Gasteiger partial charge in [0.15, 0.2) is 0 Å². The molecule has 0 aliphatic heterocycles. The fourth-order valence-electron chi connectivity index (χ4n) is 1.34. The van der Waals surface area contributed by atoms with Crippen LogP contribution in [-0.4, -0.2) is 17.3 Å². The number of aliphatic hydroxyl groups excluding tert-OH is 1. The number of hydrogen-bond acceptors (Lipinski definition) is 2. The van der Waals surface area contributed by atoms with Gasteiger partial charge in [0.05, 0.1) is 0 Å². The van der Waals surface area contributed by atoms with Crippen molar-refractivity contribution in [2.75, 3.05) is 6.61 Å². The molecule has 0 radical (unpaired) electrons. The van der Waals surface area contributed by atoms with Gasteiger partial charge in [-0.15, -0.1) is 0 Å². The SMILES string of the molecule is CC(C)(CCO)NCc1ccccc1Br. The van der Waals surface area contributed by atoms with E-state index in [-0.39, 0.29) is 12.1 Å². The fourth-order valence-corrected chi connectivity index (χ4v) is 1.77. The fraction of sp³-hybridized carbons (Fsp3) is 0.500.